The fraction of sp³-hybridized carbons (Fsp3) is 0.231. The predicted octanol–water partition coefficient (Wildman–Crippen LogP) is 4.61. The fourth-order valence-corrected chi connectivity index (χ4v) is 4.41. The smallest absolute Gasteiger partial charge is 0.241 e. The molecule has 168 valence electrons. The van der Waals surface area contributed by atoms with E-state index < -0.39 is 0 Å². The van der Waals surface area contributed by atoms with E-state index in [0.29, 0.717) is 24.0 Å². The van der Waals surface area contributed by atoms with Gasteiger partial charge < -0.3 is 19.1 Å². The molecule has 0 saturated carbocycles. The van der Waals surface area contributed by atoms with E-state index in [0.717, 1.165) is 35.4 Å². The van der Waals surface area contributed by atoms with Crippen molar-refractivity contribution in [3.05, 3.63) is 89.3 Å². The molecule has 0 bridgehead atoms. The first-order valence-electron chi connectivity index (χ1n) is 10.8. The molecule has 0 radical (unpaired) electrons. The molecule has 0 amide bonds. The van der Waals surface area contributed by atoms with Gasteiger partial charge in [-0.1, -0.05) is 47.6 Å². The topological polar surface area (TPSA) is 80.9 Å². The maximum absolute atomic E-state index is 9.83. The summed E-state index contributed by atoms with van der Waals surface area (Å²) in [6.07, 6.45) is 0.851. The van der Waals surface area contributed by atoms with E-state index in [-0.39, 0.29) is 11.8 Å². The van der Waals surface area contributed by atoms with Crippen molar-refractivity contribution in [2.75, 3.05) is 20.8 Å². The molecule has 3 aromatic carbocycles. The molecule has 0 saturated heterocycles. The highest BCUT2D eigenvalue weighted by molar-refractivity contribution is 5.54. The first kappa shape index (κ1) is 21.0. The quantitative estimate of drug-likeness (QED) is 0.466. The second kappa shape index (κ2) is 8.96. The highest BCUT2D eigenvalue weighted by Crippen LogP contribution is 2.41. The average Bonchev–Trinajstić information content (AvgIpc) is 3.33. The zero-order valence-electron chi connectivity index (χ0n) is 18.6. The molecule has 7 nitrogen and oxygen atoms in total. The molecule has 5 rings (SSSR count). The number of rotatable bonds is 6. The van der Waals surface area contributed by atoms with Gasteiger partial charge in [0.15, 0.2) is 11.5 Å². The van der Waals surface area contributed by atoms with Crippen molar-refractivity contribution in [3.63, 3.8) is 0 Å². The molecule has 0 aliphatic carbocycles. The number of ether oxygens (including phenoxy) is 2. The zero-order chi connectivity index (χ0) is 22.8. The lowest BCUT2D eigenvalue weighted by molar-refractivity contribution is 0.177. The third kappa shape index (κ3) is 4.15. The van der Waals surface area contributed by atoms with Gasteiger partial charge in [0.25, 0.3) is 0 Å². The molecule has 0 unspecified atom stereocenters. The van der Waals surface area contributed by atoms with E-state index in [1.165, 1.54) is 5.56 Å². The van der Waals surface area contributed by atoms with Gasteiger partial charge in [-0.3, -0.25) is 4.90 Å². The largest absolute Gasteiger partial charge is 0.508 e. The standard InChI is InChI=1S/C26H25N3O4/c1-31-22-14-19-12-13-29(16-24-27-26(28-33-24)18-6-4-3-5-7-18)25(21(19)15-23(22)32-2)17-8-10-20(30)11-9-17/h3-11,14-15,25,30H,12-13,16H2,1-2H3/t25-/m1/s1. The molecule has 1 aromatic heterocycles. The number of benzene rings is 3. The second-order valence-electron chi connectivity index (χ2n) is 8.00. The van der Waals surface area contributed by atoms with E-state index in [1.807, 2.05) is 48.5 Å². The van der Waals surface area contributed by atoms with E-state index in [9.17, 15) is 5.11 Å². The number of phenols is 1. The number of fused-ring (bicyclic) bond motifs is 1. The number of phenolic OH excluding ortho intramolecular Hbond substituents is 1. The van der Waals surface area contributed by atoms with Gasteiger partial charge in [-0.2, -0.15) is 4.98 Å². The SMILES string of the molecule is COc1cc2c(cc1OC)[C@@H](c1ccc(O)cc1)N(Cc1nc(-c3ccccc3)no1)CC2. The highest BCUT2D eigenvalue weighted by Gasteiger charge is 2.31. The Kier molecular flexibility index (Phi) is 5.71. The molecule has 1 N–H and O–H groups in total. The van der Waals surface area contributed by atoms with Gasteiger partial charge >= 0.3 is 0 Å². The van der Waals surface area contributed by atoms with Crippen molar-refractivity contribution < 1.29 is 19.1 Å². The van der Waals surface area contributed by atoms with Gasteiger partial charge in [-0.05, 0) is 47.4 Å². The minimum Gasteiger partial charge on any atom is -0.508 e. The first-order valence-corrected chi connectivity index (χ1v) is 10.8. The molecular weight excluding hydrogens is 418 g/mol. The summed E-state index contributed by atoms with van der Waals surface area (Å²) in [5.41, 5.74) is 4.32. The summed E-state index contributed by atoms with van der Waals surface area (Å²) in [5.74, 6) is 2.78. The Bertz CT molecular complexity index is 1240. The van der Waals surface area contributed by atoms with Crippen molar-refractivity contribution in [2.45, 2.75) is 19.0 Å². The number of hydrogen-bond donors (Lipinski definition) is 1. The zero-order valence-corrected chi connectivity index (χ0v) is 18.6. The van der Waals surface area contributed by atoms with Crippen LogP contribution >= 0.6 is 0 Å². The van der Waals surface area contributed by atoms with Crippen LogP contribution in [0.5, 0.6) is 17.2 Å². The monoisotopic (exact) mass is 443 g/mol. The Hall–Kier alpha value is -3.84. The lowest BCUT2D eigenvalue weighted by Gasteiger charge is -2.37. The number of hydrogen-bond acceptors (Lipinski definition) is 7. The molecule has 1 aliphatic rings. The van der Waals surface area contributed by atoms with Crippen molar-refractivity contribution in [3.8, 4) is 28.6 Å². The maximum atomic E-state index is 9.83. The van der Waals surface area contributed by atoms with Crippen molar-refractivity contribution in [2.24, 2.45) is 0 Å². The van der Waals surface area contributed by atoms with Crippen LogP contribution in [-0.4, -0.2) is 40.9 Å². The van der Waals surface area contributed by atoms with E-state index in [4.69, 9.17) is 14.0 Å². The minimum absolute atomic E-state index is 0.0683. The summed E-state index contributed by atoms with van der Waals surface area (Å²) in [6, 6.07) is 21.1. The van der Waals surface area contributed by atoms with Crippen LogP contribution in [0.4, 0.5) is 0 Å². The van der Waals surface area contributed by atoms with Gasteiger partial charge in [-0.25, -0.2) is 0 Å². The van der Waals surface area contributed by atoms with Crippen LogP contribution in [0.15, 0.2) is 71.3 Å². The Balaban J connectivity index is 1.52. The third-order valence-corrected chi connectivity index (χ3v) is 6.02. The summed E-state index contributed by atoms with van der Waals surface area (Å²) in [6.45, 7) is 1.30. The summed E-state index contributed by atoms with van der Waals surface area (Å²) in [5, 5.41) is 14.0. The summed E-state index contributed by atoms with van der Waals surface area (Å²) < 4.78 is 16.7. The molecular formula is C26H25N3O4. The maximum Gasteiger partial charge on any atom is 0.241 e. The molecule has 33 heavy (non-hydrogen) atoms. The van der Waals surface area contributed by atoms with E-state index in [2.05, 4.69) is 21.1 Å². The molecule has 1 aliphatic heterocycles. The average molecular weight is 444 g/mol. The molecule has 0 fully saturated rings. The number of aromatic nitrogens is 2. The normalized spacial score (nSPS) is 15.8. The lowest BCUT2D eigenvalue weighted by atomic mass is 9.87. The van der Waals surface area contributed by atoms with Crippen LogP contribution in [0.3, 0.4) is 0 Å². The fourth-order valence-electron chi connectivity index (χ4n) is 4.41. The number of methoxy groups -OCH3 is 2. The summed E-state index contributed by atoms with van der Waals surface area (Å²) in [7, 11) is 3.29. The molecule has 1 atom stereocenters. The predicted molar refractivity (Wildman–Crippen MR) is 123 cm³/mol. The lowest BCUT2D eigenvalue weighted by Crippen LogP contribution is -2.35. The van der Waals surface area contributed by atoms with E-state index in [1.54, 1.807) is 26.4 Å². The minimum atomic E-state index is -0.0683. The van der Waals surface area contributed by atoms with Crippen LogP contribution in [-0.2, 0) is 13.0 Å². The van der Waals surface area contributed by atoms with E-state index >= 15 is 0 Å². The Labute approximate surface area is 192 Å². The van der Waals surface area contributed by atoms with Crippen molar-refractivity contribution >= 4 is 0 Å². The third-order valence-electron chi connectivity index (χ3n) is 6.02. The highest BCUT2D eigenvalue weighted by atomic mass is 16.5. The van der Waals surface area contributed by atoms with Gasteiger partial charge in [-0.15, -0.1) is 0 Å². The van der Waals surface area contributed by atoms with Crippen LogP contribution < -0.4 is 9.47 Å². The van der Waals surface area contributed by atoms with Gasteiger partial charge in [0.2, 0.25) is 11.7 Å². The Morgan fingerprint density at radius 1 is 1.00 bits per heavy atom. The summed E-state index contributed by atoms with van der Waals surface area (Å²) in [4.78, 5) is 6.94. The van der Waals surface area contributed by atoms with Crippen molar-refractivity contribution in [1.29, 1.82) is 0 Å². The molecule has 2 heterocycles. The summed E-state index contributed by atoms with van der Waals surface area (Å²) >= 11 is 0. The van der Waals surface area contributed by atoms with Crippen molar-refractivity contribution in [1.82, 2.24) is 15.0 Å². The van der Waals surface area contributed by atoms with Crippen LogP contribution in [0.25, 0.3) is 11.4 Å². The Morgan fingerprint density at radius 2 is 1.73 bits per heavy atom. The molecule has 4 aromatic rings. The van der Waals surface area contributed by atoms with Crippen LogP contribution in [0.1, 0.15) is 28.6 Å². The van der Waals surface area contributed by atoms with Crippen LogP contribution in [0, 0.1) is 0 Å². The number of aromatic hydroxyl groups is 1. The molecule has 0 spiro atoms. The van der Waals surface area contributed by atoms with Gasteiger partial charge in [0.1, 0.15) is 5.75 Å². The Morgan fingerprint density at radius 3 is 2.45 bits per heavy atom. The number of nitrogens with zero attached hydrogens (tertiary/aromatic N) is 3. The molecule has 7 heteroatoms. The first-order chi connectivity index (χ1) is 16.2. The van der Waals surface area contributed by atoms with Gasteiger partial charge in [0, 0.05) is 12.1 Å². The van der Waals surface area contributed by atoms with Crippen LogP contribution in [0.2, 0.25) is 0 Å². The van der Waals surface area contributed by atoms with Gasteiger partial charge in [0.05, 0.1) is 26.8 Å². The second-order valence-corrected chi connectivity index (χ2v) is 8.00.